The van der Waals surface area contributed by atoms with Gasteiger partial charge < -0.3 is 9.88 Å². The maximum absolute atomic E-state index is 4.47. The number of hydrogen-bond donors (Lipinski definition) is 1. The van der Waals surface area contributed by atoms with E-state index in [1.807, 2.05) is 6.20 Å². The molecule has 19 heavy (non-hydrogen) atoms. The maximum atomic E-state index is 4.47. The van der Waals surface area contributed by atoms with Gasteiger partial charge in [-0.1, -0.05) is 20.3 Å². The monoisotopic (exact) mass is 263 g/mol. The molecule has 1 aromatic heterocycles. The second-order valence-electron chi connectivity index (χ2n) is 5.83. The molecular weight excluding hydrogens is 234 g/mol. The number of aromatic nitrogens is 2. The first-order valence-corrected chi connectivity index (χ1v) is 8.08. The molecule has 0 amide bonds. The second kappa shape index (κ2) is 7.68. The highest BCUT2D eigenvalue weighted by molar-refractivity contribution is 4.93. The van der Waals surface area contributed by atoms with Crippen LogP contribution in [0.4, 0.5) is 0 Å². The van der Waals surface area contributed by atoms with Crippen LogP contribution >= 0.6 is 0 Å². The molecule has 0 radical (unpaired) electrons. The van der Waals surface area contributed by atoms with E-state index in [0.717, 1.165) is 24.9 Å². The summed E-state index contributed by atoms with van der Waals surface area (Å²) in [7, 11) is 0. The molecule has 0 aromatic carbocycles. The molecule has 3 nitrogen and oxygen atoms in total. The van der Waals surface area contributed by atoms with E-state index in [9.17, 15) is 0 Å². The first kappa shape index (κ1) is 14.6. The van der Waals surface area contributed by atoms with Crippen LogP contribution in [0.15, 0.2) is 12.4 Å². The first-order chi connectivity index (χ1) is 9.35. The third-order valence-electron chi connectivity index (χ3n) is 4.33. The molecule has 1 heterocycles. The lowest BCUT2D eigenvalue weighted by Crippen LogP contribution is -2.33. The average Bonchev–Trinajstić information content (AvgIpc) is 3.03. The van der Waals surface area contributed by atoms with Gasteiger partial charge in [-0.05, 0) is 44.6 Å². The number of hydrogen-bond acceptors (Lipinski definition) is 2. The molecule has 0 aliphatic heterocycles. The van der Waals surface area contributed by atoms with E-state index in [1.165, 1.54) is 50.9 Å². The lowest BCUT2D eigenvalue weighted by Gasteiger charge is -2.21. The molecule has 1 fully saturated rings. The third-order valence-corrected chi connectivity index (χ3v) is 4.33. The molecule has 0 saturated heterocycles. The van der Waals surface area contributed by atoms with E-state index in [4.69, 9.17) is 0 Å². The lowest BCUT2D eigenvalue weighted by molar-refractivity contribution is 0.359. The zero-order valence-electron chi connectivity index (χ0n) is 12.6. The summed E-state index contributed by atoms with van der Waals surface area (Å²) in [6.45, 7) is 6.79. The summed E-state index contributed by atoms with van der Waals surface area (Å²) in [4.78, 5) is 4.47. The van der Waals surface area contributed by atoms with Crippen molar-refractivity contribution in [2.45, 2.75) is 71.4 Å². The minimum absolute atomic E-state index is 0.762. The van der Waals surface area contributed by atoms with Gasteiger partial charge in [0.25, 0.3) is 0 Å². The van der Waals surface area contributed by atoms with Gasteiger partial charge in [-0.25, -0.2) is 4.98 Å². The molecule has 0 bridgehead atoms. The zero-order valence-corrected chi connectivity index (χ0v) is 12.6. The van der Waals surface area contributed by atoms with Crippen molar-refractivity contribution in [3.8, 4) is 0 Å². The Morgan fingerprint density at radius 1 is 1.32 bits per heavy atom. The van der Waals surface area contributed by atoms with E-state index in [2.05, 4.69) is 34.9 Å². The van der Waals surface area contributed by atoms with E-state index in [1.54, 1.807) is 0 Å². The number of rotatable bonds is 8. The second-order valence-corrected chi connectivity index (χ2v) is 5.83. The van der Waals surface area contributed by atoms with Crippen LogP contribution < -0.4 is 5.32 Å². The van der Waals surface area contributed by atoms with Gasteiger partial charge >= 0.3 is 0 Å². The van der Waals surface area contributed by atoms with Crippen LogP contribution in [0.25, 0.3) is 0 Å². The molecule has 2 atom stereocenters. The van der Waals surface area contributed by atoms with Gasteiger partial charge in [0.05, 0.1) is 0 Å². The third kappa shape index (κ3) is 4.07. The van der Waals surface area contributed by atoms with Crippen molar-refractivity contribution in [1.82, 2.24) is 14.9 Å². The summed E-state index contributed by atoms with van der Waals surface area (Å²) in [6.07, 6.45) is 13.1. The van der Waals surface area contributed by atoms with Crippen molar-refractivity contribution < 1.29 is 0 Å². The topological polar surface area (TPSA) is 29.9 Å². The van der Waals surface area contributed by atoms with Crippen LogP contribution in [0.2, 0.25) is 0 Å². The van der Waals surface area contributed by atoms with Crippen LogP contribution in [0.3, 0.4) is 0 Å². The number of nitrogens with zero attached hydrogens (tertiary/aromatic N) is 2. The fourth-order valence-electron chi connectivity index (χ4n) is 3.28. The van der Waals surface area contributed by atoms with E-state index < -0.39 is 0 Å². The molecule has 3 heteroatoms. The minimum atomic E-state index is 0.762. The highest BCUT2D eigenvalue weighted by atomic mass is 15.1. The molecule has 2 rings (SSSR count). The van der Waals surface area contributed by atoms with Crippen molar-refractivity contribution >= 4 is 0 Å². The summed E-state index contributed by atoms with van der Waals surface area (Å²) >= 11 is 0. The van der Waals surface area contributed by atoms with Crippen LogP contribution in [-0.2, 0) is 13.0 Å². The summed E-state index contributed by atoms with van der Waals surface area (Å²) in [6, 6.07) is 0.762. The Morgan fingerprint density at radius 2 is 2.21 bits per heavy atom. The van der Waals surface area contributed by atoms with Crippen molar-refractivity contribution in [3.63, 3.8) is 0 Å². The fourth-order valence-corrected chi connectivity index (χ4v) is 3.28. The molecule has 108 valence electrons. The minimum Gasteiger partial charge on any atom is -0.335 e. The van der Waals surface area contributed by atoms with Crippen molar-refractivity contribution in [2.75, 3.05) is 6.54 Å². The maximum Gasteiger partial charge on any atom is 0.108 e. The van der Waals surface area contributed by atoms with Crippen LogP contribution in [-0.4, -0.2) is 22.1 Å². The van der Waals surface area contributed by atoms with Gasteiger partial charge in [0.2, 0.25) is 0 Å². The number of imidazole rings is 1. The highest BCUT2D eigenvalue weighted by Crippen LogP contribution is 2.29. The molecule has 0 spiro atoms. The smallest absolute Gasteiger partial charge is 0.108 e. The fraction of sp³-hybridized carbons (Fsp3) is 0.812. The Labute approximate surface area is 117 Å². The number of nitrogens with one attached hydrogen (secondary N) is 1. The predicted molar refractivity (Wildman–Crippen MR) is 80.3 cm³/mol. The molecule has 1 N–H and O–H groups in total. The molecule has 1 aliphatic rings. The quantitative estimate of drug-likeness (QED) is 0.779. The van der Waals surface area contributed by atoms with Crippen molar-refractivity contribution in [1.29, 1.82) is 0 Å². The summed E-state index contributed by atoms with van der Waals surface area (Å²) in [5.41, 5.74) is 0. The van der Waals surface area contributed by atoms with E-state index in [0.29, 0.717) is 0 Å². The molecule has 1 aromatic rings. The largest absolute Gasteiger partial charge is 0.335 e. The lowest BCUT2D eigenvalue weighted by atomic mass is 9.99. The summed E-state index contributed by atoms with van der Waals surface area (Å²) < 4.78 is 2.36. The van der Waals surface area contributed by atoms with Gasteiger partial charge in [0.15, 0.2) is 0 Å². The molecule has 2 unspecified atom stereocenters. The zero-order chi connectivity index (χ0) is 13.5. The van der Waals surface area contributed by atoms with E-state index >= 15 is 0 Å². The Balaban J connectivity index is 1.82. The molecule has 1 aliphatic carbocycles. The SMILES string of the molecule is CCCNC1CCCC1CCn1ccnc1CCC. The van der Waals surface area contributed by atoms with Crippen molar-refractivity contribution in [3.05, 3.63) is 18.2 Å². The molecule has 1 saturated carbocycles. The van der Waals surface area contributed by atoms with Gasteiger partial charge in [-0.2, -0.15) is 0 Å². The molecular formula is C16H29N3. The Hall–Kier alpha value is -0.830. The predicted octanol–water partition coefficient (Wildman–Crippen LogP) is 3.39. The van der Waals surface area contributed by atoms with Gasteiger partial charge in [-0.15, -0.1) is 0 Å². The summed E-state index contributed by atoms with van der Waals surface area (Å²) in [5, 5.41) is 3.73. The first-order valence-electron chi connectivity index (χ1n) is 8.08. The normalized spacial score (nSPS) is 23.1. The van der Waals surface area contributed by atoms with Gasteiger partial charge in [0.1, 0.15) is 5.82 Å². The van der Waals surface area contributed by atoms with Crippen LogP contribution in [0, 0.1) is 5.92 Å². The Bertz CT molecular complexity index is 359. The number of aryl methyl sites for hydroxylation is 2. The van der Waals surface area contributed by atoms with Gasteiger partial charge in [-0.3, -0.25) is 0 Å². The van der Waals surface area contributed by atoms with Crippen LogP contribution in [0.1, 0.15) is 58.2 Å². The Kier molecular flexibility index (Phi) is 5.90. The van der Waals surface area contributed by atoms with E-state index in [-0.39, 0.29) is 0 Å². The van der Waals surface area contributed by atoms with Crippen molar-refractivity contribution in [2.24, 2.45) is 5.92 Å². The average molecular weight is 263 g/mol. The standard InChI is InChI=1S/C16H29N3/c1-3-6-16-18-11-13-19(16)12-9-14-7-5-8-15(14)17-10-4-2/h11,13-15,17H,3-10,12H2,1-2H3. The van der Waals surface area contributed by atoms with Gasteiger partial charge in [0, 0.05) is 31.4 Å². The van der Waals surface area contributed by atoms with Crippen LogP contribution in [0.5, 0.6) is 0 Å². The Morgan fingerprint density at radius 3 is 3.00 bits per heavy atom. The summed E-state index contributed by atoms with van der Waals surface area (Å²) in [5.74, 6) is 2.13. The highest BCUT2D eigenvalue weighted by Gasteiger charge is 2.26.